The molecule has 3 atom stereocenters. The largest absolute Gasteiger partial charge is 0.458 e. The zero-order valence-electron chi connectivity index (χ0n) is 29.3. The molecule has 0 aliphatic heterocycles. The molecule has 0 saturated carbocycles. The number of nitrogens with one attached hydrogen (secondary N) is 2. The summed E-state index contributed by atoms with van der Waals surface area (Å²) in [6.07, 6.45) is -0.0896. The number of nitrogens with two attached hydrogens (primary N) is 1. The van der Waals surface area contributed by atoms with E-state index in [1.165, 1.54) is 4.90 Å². The third-order valence-corrected chi connectivity index (χ3v) is 7.10. The predicted octanol–water partition coefficient (Wildman–Crippen LogP) is 4.81. The Labute approximate surface area is 278 Å². The summed E-state index contributed by atoms with van der Waals surface area (Å²) >= 11 is 0. The monoisotopic (exact) mass is 652 g/mol. The Balaban J connectivity index is 2.68. The van der Waals surface area contributed by atoms with E-state index < -0.39 is 65.5 Å². The highest BCUT2D eigenvalue weighted by molar-refractivity contribution is 5.96. The van der Waals surface area contributed by atoms with Gasteiger partial charge in [0.1, 0.15) is 29.3 Å². The van der Waals surface area contributed by atoms with Gasteiger partial charge in [-0.3, -0.25) is 14.4 Å². The minimum atomic E-state index is -1.41. The van der Waals surface area contributed by atoms with Crippen LogP contribution in [-0.4, -0.2) is 64.5 Å². The summed E-state index contributed by atoms with van der Waals surface area (Å²) in [6, 6.07) is 11.0. The predicted molar refractivity (Wildman–Crippen MR) is 180 cm³/mol. The van der Waals surface area contributed by atoms with Crippen LogP contribution in [0.4, 0.5) is 4.79 Å². The van der Waals surface area contributed by atoms with Crippen LogP contribution in [0.3, 0.4) is 0 Å². The fourth-order valence-electron chi connectivity index (χ4n) is 5.10. The number of hydrogen-bond acceptors (Lipinski definition) is 7. The van der Waals surface area contributed by atoms with Gasteiger partial charge in [0.05, 0.1) is 6.42 Å². The third-order valence-electron chi connectivity index (χ3n) is 7.10. The van der Waals surface area contributed by atoms with Gasteiger partial charge in [-0.05, 0) is 84.1 Å². The van der Waals surface area contributed by atoms with Gasteiger partial charge in [-0.1, -0.05) is 61.9 Å². The van der Waals surface area contributed by atoms with E-state index in [2.05, 4.69) is 10.6 Å². The molecule has 258 valence electrons. The maximum Gasteiger partial charge on any atom is 0.408 e. The number of nitrogens with zero attached hydrogens (tertiary/aromatic N) is 1. The average molecular weight is 653 g/mol. The number of ether oxygens (including phenoxy) is 2. The molecular formula is C36H52N4O7. The lowest BCUT2D eigenvalue weighted by molar-refractivity contribution is -0.159. The van der Waals surface area contributed by atoms with Gasteiger partial charge in [-0.2, -0.15) is 0 Å². The summed E-state index contributed by atoms with van der Waals surface area (Å²) in [7, 11) is 0. The Morgan fingerprint density at radius 3 is 1.89 bits per heavy atom. The molecule has 4 amide bonds. The second-order valence-electron chi connectivity index (χ2n) is 13.7. The van der Waals surface area contributed by atoms with Crippen LogP contribution in [0.15, 0.2) is 48.5 Å². The van der Waals surface area contributed by atoms with Crippen molar-refractivity contribution in [1.82, 2.24) is 15.5 Å². The molecular weight excluding hydrogens is 600 g/mol. The van der Waals surface area contributed by atoms with E-state index in [0.29, 0.717) is 18.4 Å². The summed E-state index contributed by atoms with van der Waals surface area (Å²) in [6.45, 7) is 16.0. The van der Waals surface area contributed by atoms with Crippen molar-refractivity contribution >= 4 is 29.8 Å². The van der Waals surface area contributed by atoms with Crippen molar-refractivity contribution in [1.29, 1.82) is 0 Å². The van der Waals surface area contributed by atoms with Crippen molar-refractivity contribution in [3.05, 3.63) is 70.8 Å². The Morgan fingerprint density at radius 2 is 1.38 bits per heavy atom. The Morgan fingerprint density at radius 1 is 0.809 bits per heavy atom. The van der Waals surface area contributed by atoms with Crippen molar-refractivity contribution in [2.75, 3.05) is 6.54 Å². The van der Waals surface area contributed by atoms with Gasteiger partial charge in [-0.15, -0.1) is 0 Å². The SMILES string of the molecule is CCCCN(C(=O)C(CC(N)=O)NC(=O)OC(C)(C)C)C(C(=O)NC(Cc1ccccc1)C(=O)OC(C)(C)C)c1c(C)cccc1C. The number of carbonyl (C=O) groups is 5. The summed E-state index contributed by atoms with van der Waals surface area (Å²) in [4.78, 5) is 68.8. The molecule has 0 saturated heterocycles. The molecule has 0 aliphatic rings. The van der Waals surface area contributed by atoms with E-state index in [9.17, 15) is 24.0 Å². The summed E-state index contributed by atoms with van der Waals surface area (Å²) < 4.78 is 11.1. The minimum absolute atomic E-state index is 0.113. The molecule has 2 rings (SSSR count). The first-order chi connectivity index (χ1) is 21.8. The molecule has 4 N–H and O–H groups in total. The Bertz CT molecular complexity index is 1380. The quantitative estimate of drug-likeness (QED) is 0.247. The summed E-state index contributed by atoms with van der Waals surface area (Å²) in [5.74, 6) is -2.76. The zero-order chi connectivity index (χ0) is 35.5. The molecule has 0 aliphatic carbocycles. The van der Waals surface area contributed by atoms with E-state index in [1.807, 2.05) is 69.3 Å². The van der Waals surface area contributed by atoms with E-state index in [1.54, 1.807) is 41.5 Å². The molecule has 0 bridgehead atoms. The fraction of sp³-hybridized carbons (Fsp3) is 0.528. The number of primary amides is 1. The van der Waals surface area contributed by atoms with Gasteiger partial charge in [0.25, 0.3) is 0 Å². The van der Waals surface area contributed by atoms with Gasteiger partial charge in [-0.25, -0.2) is 9.59 Å². The topological polar surface area (TPSA) is 157 Å². The van der Waals surface area contributed by atoms with Crippen molar-refractivity contribution in [2.24, 2.45) is 5.73 Å². The number of esters is 1. The third kappa shape index (κ3) is 12.7. The summed E-state index contributed by atoms with van der Waals surface area (Å²) in [5.41, 5.74) is 6.67. The van der Waals surface area contributed by atoms with E-state index >= 15 is 0 Å². The molecule has 2 aromatic rings. The normalized spacial score (nSPS) is 13.5. The number of rotatable bonds is 14. The second-order valence-corrected chi connectivity index (χ2v) is 13.7. The van der Waals surface area contributed by atoms with Crippen LogP contribution >= 0.6 is 0 Å². The number of aryl methyl sites for hydroxylation is 2. The highest BCUT2D eigenvalue weighted by Crippen LogP contribution is 2.30. The van der Waals surface area contributed by atoms with Crippen LogP contribution in [0.25, 0.3) is 0 Å². The Hall–Kier alpha value is -4.41. The number of hydrogen-bond donors (Lipinski definition) is 3. The van der Waals surface area contributed by atoms with Gasteiger partial charge in [0, 0.05) is 13.0 Å². The molecule has 11 nitrogen and oxygen atoms in total. The van der Waals surface area contributed by atoms with E-state index in [0.717, 1.165) is 16.7 Å². The highest BCUT2D eigenvalue weighted by atomic mass is 16.6. The van der Waals surface area contributed by atoms with Crippen molar-refractivity contribution in [3.8, 4) is 0 Å². The maximum atomic E-state index is 14.6. The number of unbranched alkanes of at least 4 members (excludes halogenated alkanes) is 1. The molecule has 2 aromatic carbocycles. The second kappa shape index (κ2) is 16.9. The van der Waals surface area contributed by atoms with Crippen molar-refractivity contribution < 1.29 is 33.4 Å². The number of benzene rings is 2. The van der Waals surface area contributed by atoms with E-state index in [4.69, 9.17) is 15.2 Å². The zero-order valence-corrected chi connectivity index (χ0v) is 29.3. The van der Waals surface area contributed by atoms with Crippen molar-refractivity contribution in [3.63, 3.8) is 0 Å². The van der Waals surface area contributed by atoms with Crippen molar-refractivity contribution in [2.45, 2.75) is 117 Å². The maximum absolute atomic E-state index is 14.6. The molecule has 0 heterocycles. The van der Waals surface area contributed by atoms with E-state index in [-0.39, 0.29) is 13.0 Å². The van der Waals surface area contributed by atoms with Crippen LogP contribution in [0.5, 0.6) is 0 Å². The van der Waals surface area contributed by atoms with Gasteiger partial charge in [0.15, 0.2) is 0 Å². The molecule has 0 radical (unpaired) electrons. The number of alkyl carbamates (subject to hydrolysis) is 1. The first-order valence-electron chi connectivity index (χ1n) is 16.0. The molecule has 0 fully saturated rings. The first kappa shape index (κ1) is 38.8. The number of amides is 4. The van der Waals surface area contributed by atoms with Crippen LogP contribution < -0.4 is 16.4 Å². The number of carbonyl (C=O) groups excluding carboxylic acids is 5. The molecule has 3 unspecified atom stereocenters. The molecule has 11 heteroatoms. The lowest BCUT2D eigenvalue weighted by atomic mass is 9.92. The average Bonchev–Trinajstić information content (AvgIpc) is 2.93. The van der Waals surface area contributed by atoms with Crippen LogP contribution in [0.1, 0.15) is 96.0 Å². The molecule has 47 heavy (non-hydrogen) atoms. The van der Waals surface area contributed by atoms with Crippen LogP contribution in [-0.2, 0) is 35.1 Å². The van der Waals surface area contributed by atoms with Crippen LogP contribution in [0.2, 0.25) is 0 Å². The lowest BCUT2D eigenvalue weighted by Crippen LogP contribution is -2.56. The highest BCUT2D eigenvalue weighted by Gasteiger charge is 2.39. The molecule has 0 spiro atoms. The van der Waals surface area contributed by atoms with Gasteiger partial charge < -0.3 is 30.7 Å². The molecule has 0 aromatic heterocycles. The summed E-state index contributed by atoms with van der Waals surface area (Å²) in [5, 5.41) is 5.39. The minimum Gasteiger partial charge on any atom is -0.458 e. The standard InChI is InChI=1S/C36H52N4O7/c1-10-11-20-40(32(43)26(22-28(37)41)39-34(45)47-36(7,8)9)30(29-23(2)16-15-17-24(29)3)31(42)38-27(33(44)46-35(4,5)6)21-25-18-13-12-14-19-25/h12-19,26-27,30H,10-11,20-22H2,1-9H3,(H2,37,41)(H,38,42)(H,39,45). The van der Waals surface area contributed by atoms with Gasteiger partial charge in [0.2, 0.25) is 17.7 Å². The first-order valence-corrected chi connectivity index (χ1v) is 16.0. The van der Waals surface area contributed by atoms with Crippen LogP contribution in [0, 0.1) is 13.8 Å². The smallest absolute Gasteiger partial charge is 0.408 e. The lowest BCUT2D eigenvalue weighted by Gasteiger charge is -2.36. The fourth-order valence-corrected chi connectivity index (χ4v) is 5.10. The van der Waals surface area contributed by atoms with Gasteiger partial charge >= 0.3 is 12.1 Å². The Kier molecular flexibility index (Phi) is 14.0.